The predicted octanol–water partition coefficient (Wildman–Crippen LogP) is 3.63. The number of rotatable bonds is 6. The van der Waals surface area contributed by atoms with E-state index in [9.17, 15) is 0 Å². The van der Waals surface area contributed by atoms with E-state index in [0.717, 1.165) is 55.7 Å². The highest BCUT2D eigenvalue weighted by atomic mass is 35.5. The SMILES string of the molecule is COc1cc(CCN2CCN(c3nc(-c4cccc(Cl)c4)ns3)CC2)ccn1. The molecule has 6 nitrogen and oxygen atoms in total. The quantitative estimate of drug-likeness (QED) is 0.612. The number of aromatic nitrogens is 3. The molecular weight excluding hydrogens is 394 g/mol. The lowest BCUT2D eigenvalue weighted by Crippen LogP contribution is -2.47. The lowest BCUT2D eigenvalue weighted by molar-refractivity contribution is 0.261. The van der Waals surface area contributed by atoms with Gasteiger partial charge in [0.1, 0.15) is 0 Å². The highest BCUT2D eigenvalue weighted by Gasteiger charge is 2.20. The number of benzene rings is 1. The average Bonchev–Trinajstić information content (AvgIpc) is 3.23. The fourth-order valence-corrected chi connectivity index (χ4v) is 4.19. The van der Waals surface area contributed by atoms with Gasteiger partial charge in [-0.05, 0) is 30.2 Å². The second kappa shape index (κ2) is 8.86. The van der Waals surface area contributed by atoms with E-state index in [0.29, 0.717) is 10.9 Å². The van der Waals surface area contributed by atoms with Crippen LogP contribution in [0.3, 0.4) is 0 Å². The molecular formula is C20H22ClN5OS. The van der Waals surface area contributed by atoms with Crippen LogP contribution in [0.4, 0.5) is 5.13 Å². The average molecular weight is 416 g/mol. The van der Waals surface area contributed by atoms with Gasteiger partial charge in [-0.15, -0.1) is 0 Å². The first-order valence-corrected chi connectivity index (χ1v) is 10.4. The maximum Gasteiger partial charge on any atom is 0.213 e. The van der Waals surface area contributed by atoms with E-state index in [1.165, 1.54) is 17.1 Å². The molecule has 0 N–H and O–H groups in total. The zero-order chi connectivity index (χ0) is 19.3. The summed E-state index contributed by atoms with van der Waals surface area (Å²) in [5, 5.41) is 1.68. The van der Waals surface area contributed by atoms with Crippen molar-refractivity contribution in [2.75, 3.05) is 44.7 Å². The third-order valence-corrected chi connectivity index (χ3v) is 5.88. The first kappa shape index (κ1) is 19.1. The van der Waals surface area contributed by atoms with Crippen molar-refractivity contribution in [3.05, 3.63) is 53.2 Å². The molecule has 1 aliphatic heterocycles. The second-order valence-electron chi connectivity index (χ2n) is 6.70. The van der Waals surface area contributed by atoms with E-state index < -0.39 is 0 Å². The van der Waals surface area contributed by atoms with Crippen LogP contribution in [0.2, 0.25) is 5.02 Å². The third-order valence-electron chi connectivity index (χ3n) is 4.87. The van der Waals surface area contributed by atoms with E-state index in [4.69, 9.17) is 21.3 Å². The van der Waals surface area contributed by atoms with E-state index in [1.807, 2.05) is 30.3 Å². The van der Waals surface area contributed by atoms with Crippen molar-refractivity contribution in [2.45, 2.75) is 6.42 Å². The van der Waals surface area contributed by atoms with Crippen molar-refractivity contribution in [1.82, 2.24) is 19.2 Å². The number of hydrogen-bond acceptors (Lipinski definition) is 7. The first-order valence-electron chi connectivity index (χ1n) is 9.27. The molecule has 0 saturated carbocycles. The molecule has 2 aromatic heterocycles. The van der Waals surface area contributed by atoms with Crippen molar-refractivity contribution in [2.24, 2.45) is 0 Å². The van der Waals surface area contributed by atoms with Gasteiger partial charge in [0.05, 0.1) is 7.11 Å². The molecule has 0 bridgehead atoms. The van der Waals surface area contributed by atoms with Crippen molar-refractivity contribution in [3.8, 4) is 17.3 Å². The zero-order valence-corrected chi connectivity index (χ0v) is 17.3. The van der Waals surface area contributed by atoms with Crippen LogP contribution in [0, 0.1) is 0 Å². The Morgan fingerprint density at radius 3 is 2.79 bits per heavy atom. The van der Waals surface area contributed by atoms with E-state index in [1.54, 1.807) is 13.3 Å². The monoisotopic (exact) mass is 415 g/mol. The fraction of sp³-hybridized carbons (Fsp3) is 0.350. The summed E-state index contributed by atoms with van der Waals surface area (Å²) in [6, 6.07) is 11.7. The Labute approximate surface area is 173 Å². The second-order valence-corrected chi connectivity index (χ2v) is 7.86. The molecule has 0 unspecified atom stereocenters. The Kier molecular flexibility index (Phi) is 6.04. The van der Waals surface area contributed by atoms with Gasteiger partial charge in [-0.3, -0.25) is 4.90 Å². The van der Waals surface area contributed by atoms with Crippen molar-refractivity contribution >= 4 is 28.3 Å². The van der Waals surface area contributed by atoms with Crippen LogP contribution >= 0.6 is 23.1 Å². The number of piperazine rings is 1. The summed E-state index contributed by atoms with van der Waals surface area (Å²) >= 11 is 7.53. The van der Waals surface area contributed by atoms with Crippen LogP contribution in [-0.2, 0) is 6.42 Å². The largest absolute Gasteiger partial charge is 0.481 e. The van der Waals surface area contributed by atoms with Gasteiger partial charge in [0.25, 0.3) is 0 Å². The third kappa shape index (κ3) is 4.60. The van der Waals surface area contributed by atoms with Crippen molar-refractivity contribution in [3.63, 3.8) is 0 Å². The molecule has 28 heavy (non-hydrogen) atoms. The maximum absolute atomic E-state index is 6.08. The van der Waals surface area contributed by atoms with Gasteiger partial charge in [0.2, 0.25) is 11.0 Å². The minimum absolute atomic E-state index is 0.675. The predicted molar refractivity (Wildman–Crippen MR) is 114 cm³/mol. The molecule has 0 amide bonds. The van der Waals surface area contributed by atoms with Gasteiger partial charge in [-0.25, -0.2) is 4.98 Å². The number of ether oxygens (including phenoxy) is 1. The molecule has 0 atom stereocenters. The van der Waals surface area contributed by atoms with E-state index in [-0.39, 0.29) is 0 Å². The summed E-state index contributed by atoms with van der Waals surface area (Å²) in [6.45, 7) is 5.00. The molecule has 1 aliphatic rings. The standard InChI is InChI=1S/C20H22ClN5OS/c1-27-18-13-15(5-7-22-18)6-8-25-9-11-26(12-10-25)20-23-19(24-28-20)16-3-2-4-17(21)14-16/h2-5,7,13-14H,6,8-12H2,1H3. The van der Waals surface area contributed by atoms with Crippen LogP contribution in [0.15, 0.2) is 42.6 Å². The topological polar surface area (TPSA) is 54.4 Å². The van der Waals surface area contributed by atoms with Crippen molar-refractivity contribution in [1.29, 1.82) is 0 Å². The normalized spacial score (nSPS) is 15.0. The number of anilines is 1. The van der Waals surface area contributed by atoms with Gasteiger partial charge < -0.3 is 9.64 Å². The lowest BCUT2D eigenvalue weighted by Gasteiger charge is -2.34. The van der Waals surface area contributed by atoms with Crippen LogP contribution in [-0.4, -0.2) is 59.1 Å². The number of hydrogen-bond donors (Lipinski definition) is 0. The lowest BCUT2D eigenvalue weighted by atomic mass is 10.2. The summed E-state index contributed by atoms with van der Waals surface area (Å²) in [4.78, 5) is 13.7. The molecule has 8 heteroatoms. The highest BCUT2D eigenvalue weighted by Crippen LogP contribution is 2.26. The molecule has 0 aliphatic carbocycles. The summed E-state index contributed by atoms with van der Waals surface area (Å²) < 4.78 is 9.71. The molecule has 3 heterocycles. The number of halogens is 1. The van der Waals surface area contributed by atoms with Crippen LogP contribution in [0.5, 0.6) is 5.88 Å². The summed E-state index contributed by atoms with van der Waals surface area (Å²) in [5.41, 5.74) is 2.21. The molecule has 0 radical (unpaired) electrons. The molecule has 0 spiro atoms. The van der Waals surface area contributed by atoms with Gasteiger partial charge in [-0.2, -0.15) is 9.36 Å². The minimum Gasteiger partial charge on any atom is -0.481 e. The molecule has 3 aromatic rings. The van der Waals surface area contributed by atoms with E-state index >= 15 is 0 Å². The maximum atomic E-state index is 6.08. The summed E-state index contributed by atoms with van der Waals surface area (Å²) in [7, 11) is 1.65. The van der Waals surface area contributed by atoms with Crippen LogP contribution in [0.1, 0.15) is 5.56 Å². The highest BCUT2D eigenvalue weighted by molar-refractivity contribution is 7.09. The fourth-order valence-electron chi connectivity index (χ4n) is 3.26. The Balaban J connectivity index is 1.30. The molecule has 1 fully saturated rings. The summed E-state index contributed by atoms with van der Waals surface area (Å²) in [6.07, 6.45) is 2.80. The first-order chi connectivity index (χ1) is 13.7. The van der Waals surface area contributed by atoms with Crippen molar-refractivity contribution < 1.29 is 4.74 Å². The Hall–Kier alpha value is -2.22. The Morgan fingerprint density at radius 1 is 1.14 bits per heavy atom. The number of pyridine rings is 1. The molecule has 146 valence electrons. The number of nitrogens with zero attached hydrogens (tertiary/aromatic N) is 5. The molecule has 4 rings (SSSR count). The smallest absolute Gasteiger partial charge is 0.213 e. The van der Waals surface area contributed by atoms with Gasteiger partial charge in [0, 0.05) is 67.1 Å². The van der Waals surface area contributed by atoms with Gasteiger partial charge >= 0.3 is 0 Å². The van der Waals surface area contributed by atoms with E-state index in [2.05, 4.69) is 25.2 Å². The number of methoxy groups -OCH3 is 1. The van der Waals surface area contributed by atoms with Crippen LogP contribution in [0.25, 0.3) is 11.4 Å². The molecule has 1 saturated heterocycles. The minimum atomic E-state index is 0.675. The Morgan fingerprint density at radius 2 is 2.00 bits per heavy atom. The van der Waals surface area contributed by atoms with Gasteiger partial charge in [-0.1, -0.05) is 23.7 Å². The Bertz CT molecular complexity index is 926. The van der Waals surface area contributed by atoms with Crippen LogP contribution < -0.4 is 9.64 Å². The van der Waals surface area contributed by atoms with Gasteiger partial charge in [0.15, 0.2) is 5.82 Å². The summed E-state index contributed by atoms with van der Waals surface area (Å²) in [5.74, 6) is 1.42. The zero-order valence-electron chi connectivity index (χ0n) is 15.7. The molecule has 1 aromatic carbocycles.